The molecule has 0 unspecified atom stereocenters. The molecule has 1 aliphatic rings. The topological polar surface area (TPSA) is 85.0 Å². The Labute approximate surface area is 129 Å². The number of nitrogens with one attached hydrogen (secondary N) is 2. The predicted octanol–water partition coefficient (Wildman–Crippen LogP) is 1.64. The summed E-state index contributed by atoms with van der Waals surface area (Å²) in [5, 5.41) is 14.1. The zero-order valence-corrected chi connectivity index (χ0v) is 12.5. The fraction of sp³-hybridized carbons (Fsp3) is 0.533. The first-order valence-electron chi connectivity index (χ1n) is 7.76. The zero-order valence-electron chi connectivity index (χ0n) is 12.5. The second-order valence-corrected chi connectivity index (χ2v) is 5.49. The van der Waals surface area contributed by atoms with Crippen molar-refractivity contribution in [3.63, 3.8) is 0 Å². The van der Waals surface area contributed by atoms with E-state index >= 15 is 0 Å². The Balaban J connectivity index is 1.43. The smallest absolute Gasteiger partial charge is 0.315 e. The number of hydrogen-bond acceptors (Lipinski definition) is 4. The molecule has 0 saturated carbocycles. The van der Waals surface area contributed by atoms with E-state index in [1.165, 1.54) is 19.3 Å². The molecule has 1 aliphatic heterocycles. The summed E-state index contributed by atoms with van der Waals surface area (Å²) < 4.78 is 7.16. The van der Waals surface area contributed by atoms with Gasteiger partial charge in [0.25, 0.3) is 0 Å². The van der Waals surface area contributed by atoms with Crippen LogP contribution in [0.3, 0.4) is 0 Å². The number of aryl methyl sites for hydroxylation is 1. The van der Waals surface area contributed by atoms with Crippen molar-refractivity contribution in [3.8, 4) is 0 Å². The fourth-order valence-corrected chi connectivity index (χ4v) is 2.66. The third kappa shape index (κ3) is 3.66. The molecule has 0 fully saturated rings. The van der Waals surface area contributed by atoms with Gasteiger partial charge in [0.2, 0.25) is 0 Å². The number of fused-ring (bicyclic) bond motifs is 1. The van der Waals surface area contributed by atoms with Crippen molar-refractivity contribution in [2.75, 3.05) is 6.54 Å². The minimum Gasteiger partial charge on any atom is -0.472 e. The Morgan fingerprint density at radius 3 is 3.09 bits per heavy atom. The molecule has 0 atom stereocenters. The summed E-state index contributed by atoms with van der Waals surface area (Å²) >= 11 is 0. The van der Waals surface area contributed by atoms with Gasteiger partial charge in [-0.1, -0.05) is 6.42 Å². The standard InChI is InChI=1S/C15H21N5O2/c21-15(17-10-12-6-9-22-11-12)16-7-5-14-19-18-13-4-2-1-3-8-20(13)14/h6,9,11H,1-5,7-8,10H2,(H2,16,17,21). The first-order chi connectivity index (χ1) is 10.8. The molecule has 2 aromatic heterocycles. The summed E-state index contributed by atoms with van der Waals surface area (Å²) in [5.74, 6) is 2.05. The molecule has 0 saturated heterocycles. The minimum atomic E-state index is -0.184. The van der Waals surface area contributed by atoms with Crippen LogP contribution in [0.5, 0.6) is 0 Å². The van der Waals surface area contributed by atoms with Gasteiger partial charge in [-0.05, 0) is 18.9 Å². The number of hydrogen-bond donors (Lipinski definition) is 2. The summed E-state index contributed by atoms with van der Waals surface area (Å²) in [5.41, 5.74) is 0.943. The van der Waals surface area contributed by atoms with Crippen LogP contribution in [0.25, 0.3) is 0 Å². The molecule has 118 valence electrons. The number of aromatic nitrogens is 3. The first-order valence-corrected chi connectivity index (χ1v) is 7.76. The van der Waals surface area contributed by atoms with Gasteiger partial charge in [0.05, 0.1) is 12.5 Å². The van der Waals surface area contributed by atoms with Crippen molar-refractivity contribution in [1.82, 2.24) is 25.4 Å². The van der Waals surface area contributed by atoms with E-state index in [1.807, 2.05) is 6.07 Å². The number of rotatable bonds is 5. The number of urea groups is 1. The zero-order chi connectivity index (χ0) is 15.2. The number of carbonyl (C=O) groups excluding carboxylic acids is 1. The lowest BCUT2D eigenvalue weighted by molar-refractivity contribution is 0.240. The fourth-order valence-electron chi connectivity index (χ4n) is 2.66. The molecule has 2 N–H and O–H groups in total. The SMILES string of the molecule is O=C(NCCc1nnc2n1CCCCC2)NCc1ccoc1. The van der Waals surface area contributed by atoms with E-state index in [2.05, 4.69) is 25.4 Å². The molecule has 7 heteroatoms. The second-order valence-electron chi connectivity index (χ2n) is 5.49. The van der Waals surface area contributed by atoms with E-state index in [-0.39, 0.29) is 6.03 Å². The van der Waals surface area contributed by atoms with E-state index in [1.54, 1.807) is 12.5 Å². The van der Waals surface area contributed by atoms with Gasteiger partial charge in [-0.3, -0.25) is 0 Å². The van der Waals surface area contributed by atoms with Crippen LogP contribution in [0, 0.1) is 0 Å². The predicted molar refractivity (Wildman–Crippen MR) is 80.2 cm³/mol. The summed E-state index contributed by atoms with van der Waals surface area (Å²) in [6.45, 7) is 2.00. The van der Waals surface area contributed by atoms with E-state index in [0.717, 1.165) is 30.2 Å². The van der Waals surface area contributed by atoms with Crippen LogP contribution in [0.1, 0.15) is 36.5 Å². The molecule has 7 nitrogen and oxygen atoms in total. The summed E-state index contributed by atoms with van der Waals surface area (Å²) in [4.78, 5) is 11.7. The Morgan fingerprint density at radius 2 is 2.23 bits per heavy atom. The normalized spacial score (nSPS) is 14.2. The number of furan rings is 1. The molecule has 3 rings (SSSR count). The number of carbonyl (C=O) groups is 1. The lowest BCUT2D eigenvalue weighted by Gasteiger charge is -2.08. The Morgan fingerprint density at radius 1 is 1.27 bits per heavy atom. The molecule has 0 bridgehead atoms. The Bertz CT molecular complexity index is 605. The lowest BCUT2D eigenvalue weighted by Crippen LogP contribution is -2.36. The highest BCUT2D eigenvalue weighted by molar-refractivity contribution is 5.73. The van der Waals surface area contributed by atoms with Gasteiger partial charge in [-0.25, -0.2) is 4.79 Å². The van der Waals surface area contributed by atoms with E-state index in [9.17, 15) is 4.79 Å². The summed E-state index contributed by atoms with van der Waals surface area (Å²) in [6, 6.07) is 1.64. The molecule has 2 amide bonds. The largest absolute Gasteiger partial charge is 0.472 e. The lowest BCUT2D eigenvalue weighted by atomic mass is 10.2. The van der Waals surface area contributed by atoms with Gasteiger partial charge in [0.1, 0.15) is 11.6 Å². The average molecular weight is 303 g/mol. The van der Waals surface area contributed by atoms with Crippen LogP contribution in [0.2, 0.25) is 0 Å². The van der Waals surface area contributed by atoms with Crippen molar-refractivity contribution < 1.29 is 9.21 Å². The Kier molecular flexibility index (Phi) is 4.72. The van der Waals surface area contributed by atoms with Crippen LogP contribution in [-0.2, 0) is 25.9 Å². The van der Waals surface area contributed by atoms with E-state index in [0.29, 0.717) is 19.5 Å². The van der Waals surface area contributed by atoms with Crippen molar-refractivity contribution in [2.24, 2.45) is 0 Å². The highest BCUT2D eigenvalue weighted by Gasteiger charge is 2.14. The van der Waals surface area contributed by atoms with Gasteiger partial charge in [-0.2, -0.15) is 0 Å². The maximum absolute atomic E-state index is 11.7. The van der Waals surface area contributed by atoms with Gasteiger partial charge in [-0.15, -0.1) is 10.2 Å². The first kappa shape index (κ1) is 14.6. The second kappa shape index (κ2) is 7.11. The molecule has 0 spiro atoms. The third-order valence-electron chi connectivity index (χ3n) is 3.85. The van der Waals surface area contributed by atoms with Gasteiger partial charge >= 0.3 is 6.03 Å². The quantitative estimate of drug-likeness (QED) is 0.879. The van der Waals surface area contributed by atoms with Crippen LogP contribution >= 0.6 is 0 Å². The van der Waals surface area contributed by atoms with Crippen LogP contribution in [0.15, 0.2) is 23.0 Å². The Hall–Kier alpha value is -2.31. The van der Waals surface area contributed by atoms with Gasteiger partial charge in [0, 0.05) is 38.0 Å². The van der Waals surface area contributed by atoms with Crippen molar-refractivity contribution >= 4 is 6.03 Å². The average Bonchev–Trinajstić information content (AvgIpc) is 3.11. The molecule has 0 aliphatic carbocycles. The van der Waals surface area contributed by atoms with E-state index < -0.39 is 0 Å². The molecule has 2 aromatic rings. The molecular formula is C15H21N5O2. The summed E-state index contributed by atoms with van der Waals surface area (Å²) in [7, 11) is 0. The third-order valence-corrected chi connectivity index (χ3v) is 3.85. The molecule has 3 heterocycles. The van der Waals surface area contributed by atoms with Crippen molar-refractivity contribution in [2.45, 2.75) is 45.2 Å². The molecule has 0 aromatic carbocycles. The van der Waals surface area contributed by atoms with Gasteiger partial charge in [0.15, 0.2) is 0 Å². The minimum absolute atomic E-state index is 0.184. The molecular weight excluding hydrogens is 282 g/mol. The van der Waals surface area contributed by atoms with Crippen LogP contribution < -0.4 is 10.6 Å². The van der Waals surface area contributed by atoms with Crippen molar-refractivity contribution in [3.05, 3.63) is 35.8 Å². The maximum atomic E-state index is 11.7. The van der Waals surface area contributed by atoms with Gasteiger partial charge < -0.3 is 19.6 Å². The number of amides is 2. The van der Waals surface area contributed by atoms with Crippen molar-refractivity contribution in [1.29, 1.82) is 0 Å². The highest BCUT2D eigenvalue weighted by Crippen LogP contribution is 2.14. The molecule has 22 heavy (non-hydrogen) atoms. The monoisotopic (exact) mass is 303 g/mol. The van der Waals surface area contributed by atoms with Crippen LogP contribution in [-0.4, -0.2) is 27.3 Å². The van der Waals surface area contributed by atoms with Crippen LogP contribution in [0.4, 0.5) is 4.79 Å². The number of nitrogens with zero attached hydrogens (tertiary/aromatic N) is 3. The summed E-state index contributed by atoms with van der Waals surface area (Å²) in [6.07, 6.45) is 8.52. The maximum Gasteiger partial charge on any atom is 0.315 e. The highest BCUT2D eigenvalue weighted by atomic mass is 16.3. The van der Waals surface area contributed by atoms with E-state index in [4.69, 9.17) is 4.42 Å². The molecule has 0 radical (unpaired) electrons.